The van der Waals surface area contributed by atoms with Crippen molar-refractivity contribution < 1.29 is 0 Å². The van der Waals surface area contributed by atoms with Crippen LogP contribution in [0, 0.1) is 0 Å². The number of benzene rings is 20. The normalized spacial score (nSPS) is 11.8. The molecule has 706 valence electrons. The van der Waals surface area contributed by atoms with E-state index in [4.69, 9.17) is 44.9 Å². The number of fused-ring (bicyclic) bond motifs is 12. The molecule has 0 fully saturated rings. The van der Waals surface area contributed by atoms with Crippen molar-refractivity contribution in [1.29, 1.82) is 0 Å². The van der Waals surface area contributed by atoms with Gasteiger partial charge in [0.2, 0.25) is 0 Å². The van der Waals surface area contributed by atoms with E-state index in [-0.39, 0.29) is 0 Å². The number of hydrogen-bond acceptors (Lipinski definition) is 10. The molecule has 0 radical (unpaired) electrons. The van der Waals surface area contributed by atoms with E-state index in [9.17, 15) is 0 Å². The van der Waals surface area contributed by atoms with Crippen LogP contribution in [0.3, 0.4) is 0 Å². The van der Waals surface area contributed by atoms with Gasteiger partial charge in [-0.25, -0.2) is 44.9 Å². The van der Waals surface area contributed by atoms with Gasteiger partial charge in [-0.05, 0) is 180 Å². The van der Waals surface area contributed by atoms with Crippen molar-refractivity contribution in [3.8, 4) is 153 Å². The van der Waals surface area contributed by atoms with Crippen LogP contribution in [0.1, 0.15) is 5.56 Å². The highest BCUT2D eigenvalue weighted by Gasteiger charge is 2.27. The lowest BCUT2D eigenvalue weighted by Gasteiger charge is -2.19. The Hall–Kier alpha value is -20.3. The second-order valence-electron chi connectivity index (χ2n) is 37.6. The van der Waals surface area contributed by atoms with Gasteiger partial charge in [0.05, 0.1) is 44.1 Å². The first-order valence-corrected chi connectivity index (χ1v) is 50.6. The molecule has 28 aromatic rings. The lowest BCUT2D eigenvalue weighted by atomic mass is 10.0. The monoisotopic (exact) mass is 1920 g/mol. The largest absolute Gasteiger partial charge is 0.341 e. The predicted molar refractivity (Wildman–Crippen MR) is 613 cm³/mol. The lowest BCUT2D eigenvalue weighted by molar-refractivity contribution is 0.998. The molecular weight excluding hydrogens is 1830 g/mol. The van der Waals surface area contributed by atoms with Crippen molar-refractivity contribution >= 4 is 98.6 Å². The molecule has 0 aliphatic carbocycles. The van der Waals surface area contributed by atoms with Crippen LogP contribution in [-0.4, -0.2) is 74.2 Å². The van der Waals surface area contributed by atoms with Crippen LogP contribution in [0.2, 0.25) is 0 Å². The molecule has 0 saturated carbocycles. The molecule has 15 nitrogen and oxygen atoms in total. The molecule has 20 aromatic carbocycles. The third-order valence-corrected chi connectivity index (χ3v) is 28.5. The first kappa shape index (κ1) is 88.6. The van der Waals surface area contributed by atoms with E-state index in [1.54, 1.807) is 0 Å². The van der Waals surface area contributed by atoms with Gasteiger partial charge in [0.15, 0.2) is 52.4 Å². The number of anilines is 2. The Balaban J connectivity index is 0.000000111. The molecule has 0 bridgehead atoms. The standard InChI is InChI=1S/C47H33N5.C47H31N5.C41H27N5/c1-4-14-32(15-5-1)45-48-46(33-16-6-2-7-17-33)50-47(49-45)37-20-12-18-34(28-37)35-19-13-23-39(29-35)52-42-25-11-10-24-40(42)41-31-43-36(30-44(41)52)26-27-51(43)38-21-8-3-9-22-38;1-4-13-33(14-5-1)45-48-46(34-15-6-2-7-16-34)50-47(49-45)35-25-23-32(24-26-35)36-17-12-20-39(29-36)52-42-22-11-10-21-40(42)41-31-43-37(30-44(41)52)27-28-51(43)38-18-8-3-9-19-38;1-4-13-28(14-5-1)39-42-40(29-15-6-2-7-16-29)44-41(43-39)31-17-12-20-33(25-31)46-36-22-11-10-21-34(36)35-27-37-30(26-38(35)46)23-24-45(37)32-18-8-3-9-19-32/h1-25,28-31H,26-27H2;1-31H;1-27H. The zero-order valence-corrected chi connectivity index (χ0v) is 81.4. The zero-order valence-electron chi connectivity index (χ0n) is 81.4. The number of nitrogens with zero attached hydrogens (tertiary/aromatic N) is 15. The minimum absolute atomic E-state index is 0.637. The minimum Gasteiger partial charge on any atom is -0.341 e. The van der Waals surface area contributed by atoms with Gasteiger partial charge in [-0.2, -0.15) is 0 Å². The summed E-state index contributed by atoms with van der Waals surface area (Å²) in [7, 11) is 0. The van der Waals surface area contributed by atoms with Gasteiger partial charge in [0, 0.05) is 152 Å². The molecule has 0 unspecified atom stereocenters. The minimum atomic E-state index is 0.637. The van der Waals surface area contributed by atoms with Gasteiger partial charge in [-0.15, -0.1) is 0 Å². The number of aromatic nitrogens is 14. The summed E-state index contributed by atoms with van der Waals surface area (Å²) in [6.07, 6.45) is 5.34. The fraction of sp³-hybridized carbons (Fsp3) is 0.0148. The summed E-state index contributed by atoms with van der Waals surface area (Å²) in [5, 5.41) is 9.80. The lowest BCUT2D eigenvalue weighted by Crippen LogP contribution is -2.12. The van der Waals surface area contributed by atoms with Crippen LogP contribution in [0.5, 0.6) is 0 Å². The summed E-state index contributed by atoms with van der Waals surface area (Å²) < 4.78 is 11.7. The van der Waals surface area contributed by atoms with Crippen LogP contribution in [0.25, 0.3) is 240 Å². The molecule has 0 spiro atoms. The quantitative estimate of drug-likeness (QED) is 0.0864. The molecule has 1 aliphatic heterocycles. The molecular formula is C135H91N15. The Morgan fingerprint density at radius 2 is 0.407 bits per heavy atom. The maximum atomic E-state index is 4.98. The van der Waals surface area contributed by atoms with Crippen LogP contribution in [0.15, 0.2) is 528 Å². The van der Waals surface area contributed by atoms with Crippen molar-refractivity contribution in [2.45, 2.75) is 6.42 Å². The van der Waals surface area contributed by atoms with E-state index in [0.717, 1.165) is 125 Å². The van der Waals surface area contributed by atoms with E-state index in [1.165, 1.54) is 93.1 Å². The maximum Gasteiger partial charge on any atom is 0.164 e. The van der Waals surface area contributed by atoms with E-state index < -0.39 is 0 Å². The smallest absolute Gasteiger partial charge is 0.164 e. The summed E-state index contributed by atoms with van der Waals surface area (Å²) in [4.78, 5) is 46.8. The first-order chi connectivity index (χ1) is 74.3. The average molecular weight is 1920 g/mol. The second-order valence-corrected chi connectivity index (χ2v) is 37.6. The van der Waals surface area contributed by atoms with E-state index in [2.05, 4.69) is 374 Å². The van der Waals surface area contributed by atoms with Crippen molar-refractivity contribution in [1.82, 2.24) is 67.7 Å². The molecule has 150 heavy (non-hydrogen) atoms. The van der Waals surface area contributed by atoms with Gasteiger partial charge < -0.3 is 27.7 Å². The maximum absolute atomic E-state index is 4.98. The number of para-hydroxylation sites is 6. The Kier molecular flexibility index (Phi) is 22.7. The van der Waals surface area contributed by atoms with Crippen molar-refractivity contribution in [2.75, 3.05) is 11.4 Å². The second kappa shape index (κ2) is 38.4. The van der Waals surface area contributed by atoms with Crippen molar-refractivity contribution in [2.24, 2.45) is 0 Å². The summed E-state index contributed by atoms with van der Waals surface area (Å²) in [6.45, 7) is 0.983. The highest BCUT2D eigenvalue weighted by atomic mass is 15.2. The molecule has 8 aromatic heterocycles. The van der Waals surface area contributed by atoms with Gasteiger partial charge in [-0.1, -0.05) is 370 Å². The molecule has 0 saturated heterocycles. The topological polar surface area (TPSA) is 144 Å². The van der Waals surface area contributed by atoms with Gasteiger partial charge >= 0.3 is 0 Å². The Labute approximate surface area is 865 Å². The fourth-order valence-corrected chi connectivity index (χ4v) is 21.3. The molecule has 0 amide bonds. The Morgan fingerprint density at radius 1 is 0.153 bits per heavy atom. The molecule has 0 N–H and O–H groups in total. The van der Waals surface area contributed by atoms with E-state index in [0.29, 0.717) is 52.4 Å². The van der Waals surface area contributed by atoms with Crippen molar-refractivity contribution in [3.63, 3.8) is 0 Å². The summed E-state index contributed by atoms with van der Waals surface area (Å²) >= 11 is 0. The van der Waals surface area contributed by atoms with E-state index in [1.807, 2.05) is 182 Å². The van der Waals surface area contributed by atoms with Crippen LogP contribution >= 0.6 is 0 Å². The molecule has 29 rings (SSSR count). The van der Waals surface area contributed by atoms with E-state index >= 15 is 0 Å². The fourth-order valence-electron chi connectivity index (χ4n) is 21.3. The van der Waals surface area contributed by atoms with Gasteiger partial charge in [0.25, 0.3) is 0 Å². The summed E-state index contributed by atoms with van der Waals surface area (Å²) in [5.74, 6) is 5.84. The molecule has 15 heteroatoms. The number of hydrogen-bond donors (Lipinski definition) is 0. The van der Waals surface area contributed by atoms with Crippen LogP contribution in [0.4, 0.5) is 11.4 Å². The molecule has 1 aliphatic rings. The third-order valence-electron chi connectivity index (χ3n) is 28.5. The van der Waals surface area contributed by atoms with Crippen molar-refractivity contribution in [3.05, 3.63) is 534 Å². The SMILES string of the molecule is c1ccc(-c2nc(-c3ccccc3)nc(-c3ccc(-c4cccc(-n5c6ccccc6c6cc7c(ccn7-c7ccccc7)cc65)c4)cc3)n2)cc1.c1ccc(-c2nc(-c3ccccc3)nc(-c3cccc(-c4cccc(-n5c6ccccc6c6cc7c(cc65)CCN7c5ccccc5)c4)c3)n2)cc1.c1ccc(-c2nc(-c3ccccc3)nc(-c3cccc(-n4c5ccccc5c5cc6c(ccn6-c6ccccc6)cc54)c3)n2)cc1. The molecule has 9 heterocycles. The van der Waals surface area contributed by atoms with Crippen LogP contribution in [-0.2, 0) is 6.42 Å². The predicted octanol–water partition coefficient (Wildman–Crippen LogP) is 32.8. The Morgan fingerprint density at radius 3 is 0.773 bits per heavy atom. The highest BCUT2D eigenvalue weighted by Crippen LogP contribution is 2.46. The summed E-state index contributed by atoms with van der Waals surface area (Å²) in [5.41, 5.74) is 32.0. The highest BCUT2D eigenvalue weighted by molar-refractivity contribution is 6.16. The average Bonchev–Trinajstić information content (AvgIpc) is 1.58. The first-order valence-electron chi connectivity index (χ1n) is 50.6. The zero-order chi connectivity index (χ0) is 99.3. The number of rotatable bonds is 17. The van der Waals surface area contributed by atoms with Gasteiger partial charge in [0.1, 0.15) is 0 Å². The summed E-state index contributed by atoms with van der Waals surface area (Å²) in [6, 6.07) is 180. The Bertz CT molecular complexity index is 9760. The molecule has 0 atom stereocenters. The third kappa shape index (κ3) is 16.8. The van der Waals surface area contributed by atoms with Crippen LogP contribution < -0.4 is 4.90 Å². The van der Waals surface area contributed by atoms with Gasteiger partial charge in [-0.3, -0.25) is 0 Å².